The van der Waals surface area contributed by atoms with Crippen molar-refractivity contribution in [2.45, 2.75) is 34.2 Å². The van der Waals surface area contributed by atoms with Gasteiger partial charge in [-0.1, -0.05) is 32.0 Å². The van der Waals surface area contributed by atoms with Crippen LogP contribution >= 0.6 is 11.6 Å². The molecule has 0 aromatic carbocycles. The van der Waals surface area contributed by atoms with Crippen LogP contribution in [-0.4, -0.2) is 17.1 Å². The van der Waals surface area contributed by atoms with Crippen LogP contribution in [0.3, 0.4) is 0 Å². The summed E-state index contributed by atoms with van der Waals surface area (Å²) in [5.74, 6) is -0.185. The SMILES string of the molecule is C=C(Cl)COC(=O)/C(C#N)=C/c1cc(C)n(CC(C)C)c1C. The van der Waals surface area contributed by atoms with Crippen molar-refractivity contribution in [1.29, 1.82) is 5.26 Å². The minimum atomic E-state index is -0.696. The van der Waals surface area contributed by atoms with Gasteiger partial charge in [0, 0.05) is 23.0 Å². The van der Waals surface area contributed by atoms with Gasteiger partial charge in [-0.25, -0.2) is 4.79 Å². The molecule has 0 unspecified atom stereocenters. The molecule has 0 aliphatic carbocycles. The van der Waals surface area contributed by atoms with Crippen LogP contribution in [-0.2, 0) is 16.1 Å². The van der Waals surface area contributed by atoms with Gasteiger partial charge in [-0.15, -0.1) is 0 Å². The molecule has 1 heterocycles. The lowest BCUT2D eigenvalue weighted by molar-refractivity contribution is -0.137. The number of carbonyl (C=O) groups excluding carboxylic acids is 1. The Labute approximate surface area is 136 Å². The highest BCUT2D eigenvalue weighted by Crippen LogP contribution is 2.20. The largest absolute Gasteiger partial charge is 0.456 e. The van der Waals surface area contributed by atoms with E-state index in [4.69, 9.17) is 21.6 Å². The Morgan fingerprint density at radius 2 is 2.18 bits per heavy atom. The van der Waals surface area contributed by atoms with Crippen molar-refractivity contribution in [3.63, 3.8) is 0 Å². The van der Waals surface area contributed by atoms with Crippen molar-refractivity contribution in [3.05, 3.63) is 40.2 Å². The number of ether oxygens (including phenoxy) is 1. The lowest BCUT2D eigenvalue weighted by Crippen LogP contribution is -2.09. The third-order valence-electron chi connectivity index (χ3n) is 3.16. The Morgan fingerprint density at radius 3 is 2.68 bits per heavy atom. The molecule has 0 radical (unpaired) electrons. The normalized spacial score (nSPS) is 11.4. The average Bonchev–Trinajstić information content (AvgIpc) is 2.69. The average molecular weight is 321 g/mol. The number of esters is 1. The smallest absolute Gasteiger partial charge is 0.349 e. The van der Waals surface area contributed by atoms with Crippen molar-refractivity contribution in [3.8, 4) is 6.07 Å². The summed E-state index contributed by atoms with van der Waals surface area (Å²) >= 11 is 5.55. The van der Waals surface area contributed by atoms with Gasteiger partial charge in [-0.2, -0.15) is 5.26 Å². The highest BCUT2D eigenvalue weighted by molar-refractivity contribution is 6.29. The van der Waals surface area contributed by atoms with E-state index in [9.17, 15) is 4.79 Å². The van der Waals surface area contributed by atoms with Crippen molar-refractivity contribution >= 4 is 23.6 Å². The number of halogens is 1. The minimum absolute atomic E-state index is 0.0530. The first kappa shape index (κ1) is 18.1. The maximum atomic E-state index is 11.8. The first-order valence-corrected chi connectivity index (χ1v) is 7.43. The van der Waals surface area contributed by atoms with E-state index in [0.29, 0.717) is 5.92 Å². The van der Waals surface area contributed by atoms with E-state index in [1.54, 1.807) is 6.08 Å². The number of hydrogen-bond acceptors (Lipinski definition) is 3. The second-order valence-electron chi connectivity index (χ2n) is 5.59. The summed E-state index contributed by atoms with van der Waals surface area (Å²) in [6.07, 6.45) is 1.55. The van der Waals surface area contributed by atoms with E-state index in [1.807, 2.05) is 26.0 Å². The third-order valence-corrected chi connectivity index (χ3v) is 3.27. The van der Waals surface area contributed by atoms with Crippen LogP contribution in [0, 0.1) is 31.1 Å². The van der Waals surface area contributed by atoms with E-state index in [1.165, 1.54) is 0 Å². The molecule has 0 spiro atoms. The molecule has 0 bridgehead atoms. The van der Waals surface area contributed by atoms with Crippen LogP contribution < -0.4 is 0 Å². The molecule has 0 N–H and O–H groups in total. The van der Waals surface area contributed by atoms with Gasteiger partial charge in [0.15, 0.2) is 0 Å². The maximum Gasteiger partial charge on any atom is 0.349 e. The van der Waals surface area contributed by atoms with Gasteiger partial charge in [-0.05, 0) is 37.5 Å². The third kappa shape index (κ3) is 4.78. The number of carbonyl (C=O) groups is 1. The van der Waals surface area contributed by atoms with Crippen LogP contribution in [0.2, 0.25) is 0 Å². The Hall–Kier alpha value is -1.99. The highest BCUT2D eigenvalue weighted by atomic mass is 35.5. The molecular weight excluding hydrogens is 300 g/mol. The standard InChI is InChI=1S/C17H21ClN2O2/c1-11(2)9-20-13(4)6-15(14(20)5)7-16(8-19)17(21)22-10-12(3)18/h6-7,11H,3,9-10H2,1-2,4-5H3/b16-7+. The molecule has 0 atom stereocenters. The van der Waals surface area contributed by atoms with Crippen LogP contribution in [0.5, 0.6) is 0 Å². The molecule has 22 heavy (non-hydrogen) atoms. The van der Waals surface area contributed by atoms with E-state index in [0.717, 1.165) is 23.5 Å². The molecule has 1 aromatic heterocycles. The van der Waals surface area contributed by atoms with Gasteiger partial charge >= 0.3 is 5.97 Å². The van der Waals surface area contributed by atoms with E-state index in [2.05, 4.69) is 25.0 Å². The van der Waals surface area contributed by atoms with Crippen molar-refractivity contribution in [2.75, 3.05) is 6.61 Å². The monoisotopic (exact) mass is 320 g/mol. The number of nitriles is 1. The first-order chi connectivity index (χ1) is 10.3. The van der Waals surface area contributed by atoms with E-state index in [-0.39, 0.29) is 17.2 Å². The molecule has 118 valence electrons. The Balaban J connectivity index is 3.06. The Morgan fingerprint density at radius 1 is 1.55 bits per heavy atom. The lowest BCUT2D eigenvalue weighted by Gasteiger charge is -2.12. The fourth-order valence-corrected chi connectivity index (χ4v) is 2.19. The van der Waals surface area contributed by atoms with Crippen LogP contribution in [0.25, 0.3) is 6.08 Å². The molecule has 0 fully saturated rings. The Kier molecular flexibility index (Phi) is 6.45. The zero-order chi connectivity index (χ0) is 16.9. The summed E-state index contributed by atoms with van der Waals surface area (Å²) in [7, 11) is 0. The van der Waals surface area contributed by atoms with Crippen molar-refractivity contribution < 1.29 is 9.53 Å². The fourth-order valence-electron chi connectivity index (χ4n) is 2.13. The Bertz CT molecular complexity index is 648. The van der Waals surface area contributed by atoms with E-state index >= 15 is 0 Å². The van der Waals surface area contributed by atoms with Crippen molar-refractivity contribution in [2.24, 2.45) is 5.92 Å². The fraction of sp³-hybridized carbons (Fsp3) is 0.412. The van der Waals surface area contributed by atoms with Gasteiger partial charge in [-0.3, -0.25) is 0 Å². The first-order valence-electron chi connectivity index (χ1n) is 7.05. The topological polar surface area (TPSA) is 55.0 Å². The summed E-state index contributed by atoms with van der Waals surface area (Å²) in [6, 6.07) is 3.84. The number of aromatic nitrogens is 1. The molecule has 0 aliphatic rings. The van der Waals surface area contributed by atoms with Gasteiger partial charge in [0.25, 0.3) is 0 Å². The van der Waals surface area contributed by atoms with Gasteiger partial charge in [0.05, 0.1) is 0 Å². The molecule has 0 amide bonds. The summed E-state index contributed by atoms with van der Waals surface area (Å²) in [4.78, 5) is 11.8. The number of rotatable bonds is 6. The summed E-state index contributed by atoms with van der Waals surface area (Å²) in [5, 5.41) is 9.36. The van der Waals surface area contributed by atoms with Crippen LogP contribution in [0.4, 0.5) is 0 Å². The van der Waals surface area contributed by atoms with Gasteiger partial charge < -0.3 is 9.30 Å². The molecule has 0 saturated carbocycles. The molecule has 5 heteroatoms. The quantitative estimate of drug-likeness (QED) is 0.453. The predicted molar refractivity (Wildman–Crippen MR) is 88.3 cm³/mol. The lowest BCUT2D eigenvalue weighted by atomic mass is 10.1. The predicted octanol–water partition coefficient (Wildman–Crippen LogP) is 3.96. The van der Waals surface area contributed by atoms with Crippen molar-refractivity contribution in [1.82, 2.24) is 4.57 Å². The summed E-state index contributed by atoms with van der Waals surface area (Å²) in [6.45, 7) is 12.5. The minimum Gasteiger partial charge on any atom is -0.456 e. The van der Waals surface area contributed by atoms with E-state index < -0.39 is 5.97 Å². The maximum absolute atomic E-state index is 11.8. The highest BCUT2D eigenvalue weighted by Gasteiger charge is 2.14. The molecule has 0 aliphatic heterocycles. The molecule has 1 rings (SSSR count). The molecule has 0 saturated heterocycles. The number of nitrogens with zero attached hydrogens (tertiary/aromatic N) is 2. The van der Waals surface area contributed by atoms with Gasteiger partial charge in [0.2, 0.25) is 0 Å². The second-order valence-corrected chi connectivity index (χ2v) is 6.13. The number of hydrogen-bond donors (Lipinski definition) is 0. The second kappa shape index (κ2) is 7.86. The number of aryl methyl sites for hydroxylation is 1. The van der Waals surface area contributed by atoms with Gasteiger partial charge in [0.1, 0.15) is 18.2 Å². The zero-order valence-corrected chi connectivity index (χ0v) is 14.2. The molecular formula is C17H21ClN2O2. The van der Waals surface area contributed by atoms with Crippen LogP contribution in [0.15, 0.2) is 23.3 Å². The summed E-state index contributed by atoms with van der Waals surface area (Å²) < 4.78 is 7.08. The van der Waals surface area contributed by atoms with Crippen LogP contribution in [0.1, 0.15) is 30.8 Å². The summed E-state index contributed by atoms with van der Waals surface area (Å²) in [5.41, 5.74) is 2.91. The molecule has 1 aromatic rings. The zero-order valence-electron chi connectivity index (χ0n) is 13.4. The molecule has 4 nitrogen and oxygen atoms in total.